The van der Waals surface area contributed by atoms with Crippen LogP contribution in [-0.2, 0) is 9.53 Å². The Morgan fingerprint density at radius 3 is 2.50 bits per heavy atom. The van der Waals surface area contributed by atoms with E-state index in [1.807, 2.05) is 0 Å². The highest BCUT2D eigenvalue weighted by Gasteiger charge is 2.19. The zero-order valence-electron chi connectivity index (χ0n) is 13.3. The van der Waals surface area contributed by atoms with Gasteiger partial charge < -0.3 is 14.8 Å². The predicted molar refractivity (Wildman–Crippen MR) is 95.0 cm³/mol. The number of esters is 1. The minimum Gasteiger partial charge on any atom is -0.490 e. The Labute approximate surface area is 157 Å². The Kier molecular flexibility index (Phi) is 6.37. The van der Waals surface area contributed by atoms with Crippen molar-refractivity contribution < 1.29 is 24.0 Å². The molecule has 0 heterocycles. The van der Waals surface area contributed by atoms with Crippen molar-refractivity contribution in [3.63, 3.8) is 0 Å². The van der Waals surface area contributed by atoms with Crippen molar-refractivity contribution in [3.8, 4) is 5.75 Å². The first kappa shape index (κ1) is 19.5. The van der Waals surface area contributed by atoms with Crippen LogP contribution in [0.5, 0.6) is 5.75 Å². The number of nitro groups is 1. The second-order valence-electron chi connectivity index (χ2n) is 4.90. The highest BCUT2D eigenvalue weighted by atomic mass is 35.5. The van der Waals surface area contributed by atoms with Gasteiger partial charge in [-0.15, -0.1) is 0 Å². The zero-order valence-corrected chi connectivity index (χ0v) is 14.8. The van der Waals surface area contributed by atoms with Gasteiger partial charge in [0.25, 0.3) is 5.91 Å². The predicted octanol–water partition coefficient (Wildman–Crippen LogP) is 3.71. The smallest absolute Gasteiger partial charge is 0.338 e. The fourth-order valence-corrected chi connectivity index (χ4v) is 2.24. The first-order valence-electron chi connectivity index (χ1n) is 7.06. The lowest BCUT2D eigenvalue weighted by atomic mass is 10.2. The standard InChI is InChI=1S/C16H12Cl2N2O6/c1-25-14-5-2-9(6-13(14)20(23)24)16(22)26-8-15(21)19-10-3-4-11(17)12(18)7-10/h2-7H,8H2,1H3,(H,19,21). The number of nitrogens with one attached hydrogen (secondary N) is 1. The molecular formula is C16H12Cl2N2O6. The Morgan fingerprint density at radius 1 is 1.15 bits per heavy atom. The quantitative estimate of drug-likeness (QED) is 0.451. The van der Waals surface area contributed by atoms with Crippen molar-refractivity contribution in [2.75, 3.05) is 19.0 Å². The van der Waals surface area contributed by atoms with Crippen LogP contribution in [0.25, 0.3) is 0 Å². The number of nitrogens with zero attached hydrogens (tertiary/aromatic N) is 1. The highest BCUT2D eigenvalue weighted by molar-refractivity contribution is 6.42. The SMILES string of the molecule is COc1ccc(C(=O)OCC(=O)Nc2ccc(Cl)c(Cl)c2)cc1[N+](=O)[O-]. The molecule has 0 saturated heterocycles. The maximum Gasteiger partial charge on any atom is 0.338 e. The van der Waals surface area contributed by atoms with Crippen LogP contribution in [0, 0.1) is 10.1 Å². The minimum absolute atomic E-state index is 0.00362. The van der Waals surface area contributed by atoms with Gasteiger partial charge in [0.1, 0.15) is 0 Å². The van der Waals surface area contributed by atoms with Crippen molar-refractivity contribution in [1.29, 1.82) is 0 Å². The Bertz CT molecular complexity index is 872. The number of nitro benzene ring substituents is 1. The van der Waals surface area contributed by atoms with Crippen LogP contribution < -0.4 is 10.1 Å². The monoisotopic (exact) mass is 398 g/mol. The molecule has 0 fully saturated rings. The first-order valence-corrected chi connectivity index (χ1v) is 7.82. The van der Waals surface area contributed by atoms with Gasteiger partial charge in [-0.05, 0) is 30.3 Å². The van der Waals surface area contributed by atoms with Gasteiger partial charge in [-0.1, -0.05) is 23.2 Å². The van der Waals surface area contributed by atoms with Gasteiger partial charge >= 0.3 is 11.7 Å². The summed E-state index contributed by atoms with van der Waals surface area (Å²) in [5.74, 6) is -1.50. The first-order chi connectivity index (χ1) is 12.3. The average molecular weight is 399 g/mol. The molecule has 2 rings (SSSR count). The molecule has 0 aliphatic rings. The largest absolute Gasteiger partial charge is 0.490 e. The summed E-state index contributed by atoms with van der Waals surface area (Å²) in [6, 6.07) is 8.05. The summed E-state index contributed by atoms with van der Waals surface area (Å²) >= 11 is 11.6. The van der Waals surface area contributed by atoms with E-state index in [-0.39, 0.29) is 22.0 Å². The van der Waals surface area contributed by atoms with Crippen molar-refractivity contribution in [3.05, 3.63) is 62.1 Å². The summed E-state index contributed by atoms with van der Waals surface area (Å²) in [7, 11) is 1.27. The molecule has 0 radical (unpaired) electrons. The van der Waals surface area contributed by atoms with E-state index in [0.29, 0.717) is 10.7 Å². The molecule has 0 unspecified atom stereocenters. The van der Waals surface area contributed by atoms with E-state index < -0.39 is 23.4 Å². The summed E-state index contributed by atoms with van der Waals surface area (Å²) in [6.45, 7) is -0.584. The molecule has 0 aromatic heterocycles. The molecular weight excluding hydrogens is 387 g/mol. The maximum absolute atomic E-state index is 12.0. The lowest BCUT2D eigenvalue weighted by Crippen LogP contribution is -2.21. The molecule has 1 amide bonds. The van der Waals surface area contributed by atoms with Gasteiger partial charge in [0.05, 0.1) is 27.6 Å². The van der Waals surface area contributed by atoms with Crippen molar-refractivity contribution in [2.45, 2.75) is 0 Å². The van der Waals surface area contributed by atoms with Gasteiger partial charge in [0.15, 0.2) is 12.4 Å². The third-order valence-corrected chi connectivity index (χ3v) is 3.89. The number of ether oxygens (including phenoxy) is 2. The number of hydrogen-bond acceptors (Lipinski definition) is 6. The van der Waals surface area contributed by atoms with Gasteiger partial charge in [-0.25, -0.2) is 4.79 Å². The average Bonchev–Trinajstić information content (AvgIpc) is 2.62. The molecule has 0 aliphatic heterocycles. The van der Waals surface area contributed by atoms with E-state index in [1.165, 1.54) is 37.4 Å². The second kappa shape index (κ2) is 8.50. The Balaban J connectivity index is 1.99. The zero-order chi connectivity index (χ0) is 19.3. The van der Waals surface area contributed by atoms with Crippen LogP contribution >= 0.6 is 23.2 Å². The summed E-state index contributed by atoms with van der Waals surface area (Å²) in [4.78, 5) is 34.1. The molecule has 2 aromatic carbocycles. The molecule has 0 saturated carbocycles. The number of carbonyl (C=O) groups is 2. The highest BCUT2D eigenvalue weighted by Crippen LogP contribution is 2.28. The second-order valence-corrected chi connectivity index (χ2v) is 5.71. The maximum atomic E-state index is 12.0. The number of benzene rings is 2. The van der Waals surface area contributed by atoms with E-state index in [4.69, 9.17) is 32.7 Å². The van der Waals surface area contributed by atoms with Crippen LogP contribution in [0.2, 0.25) is 10.0 Å². The molecule has 136 valence electrons. The number of halogens is 2. The molecule has 8 nitrogen and oxygen atoms in total. The minimum atomic E-state index is -0.889. The third-order valence-electron chi connectivity index (χ3n) is 3.15. The van der Waals surface area contributed by atoms with Gasteiger partial charge in [0.2, 0.25) is 0 Å². The summed E-state index contributed by atoms with van der Waals surface area (Å²) in [5.41, 5.74) is -0.0948. The van der Waals surface area contributed by atoms with Gasteiger partial charge in [0, 0.05) is 11.8 Å². The van der Waals surface area contributed by atoms with Crippen molar-refractivity contribution in [2.24, 2.45) is 0 Å². The number of amides is 1. The molecule has 0 aliphatic carbocycles. The lowest BCUT2D eigenvalue weighted by molar-refractivity contribution is -0.385. The van der Waals surface area contributed by atoms with Crippen molar-refractivity contribution in [1.82, 2.24) is 0 Å². The Hall–Kier alpha value is -2.84. The van der Waals surface area contributed by atoms with E-state index in [9.17, 15) is 19.7 Å². The van der Waals surface area contributed by atoms with Gasteiger partial charge in [-0.2, -0.15) is 0 Å². The number of rotatable bonds is 6. The van der Waals surface area contributed by atoms with Crippen LogP contribution in [-0.4, -0.2) is 30.5 Å². The number of anilines is 1. The third kappa shape index (κ3) is 4.84. The molecule has 0 bridgehead atoms. The van der Waals surface area contributed by atoms with Crippen LogP contribution in [0.4, 0.5) is 11.4 Å². The normalized spacial score (nSPS) is 10.1. The molecule has 0 atom stereocenters. The van der Waals surface area contributed by atoms with Gasteiger partial charge in [-0.3, -0.25) is 14.9 Å². The molecule has 1 N–H and O–H groups in total. The Morgan fingerprint density at radius 2 is 1.88 bits per heavy atom. The summed E-state index contributed by atoms with van der Waals surface area (Å²) < 4.78 is 9.70. The van der Waals surface area contributed by atoms with E-state index >= 15 is 0 Å². The lowest BCUT2D eigenvalue weighted by Gasteiger charge is -2.08. The molecule has 10 heteroatoms. The van der Waals surface area contributed by atoms with E-state index in [1.54, 1.807) is 0 Å². The molecule has 2 aromatic rings. The fraction of sp³-hybridized carbons (Fsp3) is 0.125. The summed E-state index contributed by atoms with van der Waals surface area (Å²) in [5, 5.41) is 14.0. The fourth-order valence-electron chi connectivity index (χ4n) is 1.95. The van der Waals surface area contributed by atoms with Crippen LogP contribution in [0.1, 0.15) is 10.4 Å². The number of hydrogen-bond donors (Lipinski definition) is 1. The number of methoxy groups -OCH3 is 1. The van der Waals surface area contributed by atoms with E-state index in [0.717, 1.165) is 6.07 Å². The number of carbonyl (C=O) groups excluding carboxylic acids is 2. The molecule has 0 spiro atoms. The van der Waals surface area contributed by atoms with Crippen LogP contribution in [0.3, 0.4) is 0 Å². The molecule has 26 heavy (non-hydrogen) atoms. The van der Waals surface area contributed by atoms with E-state index in [2.05, 4.69) is 5.32 Å². The topological polar surface area (TPSA) is 108 Å². The summed E-state index contributed by atoms with van der Waals surface area (Å²) in [6.07, 6.45) is 0. The van der Waals surface area contributed by atoms with Crippen LogP contribution in [0.15, 0.2) is 36.4 Å². The van der Waals surface area contributed by atoms with Crippen molar-refractivity contribution >= 4 is 46.5 Å².